The monoisotopic (exact) mass is 308 g/mol. The highest BCUT2D eigenvalue weighted by Gasteiger charge is 2.38. The van der Waals surface area contributed by atoms with Crippen LogP contribution in [-0.2, 0) is 27.7 Å². The fourth-order valence-electron chi connectivity index (χ4n) is 3.32. The molecule has 0 saturated carbocycles. The van der Waals surface area contributed by atoms with Gasteiger partial charge in [-0.25, -0.2) is 8.42 Å². The van der Waals surface area contributed by atoms with Gasteiger partial charge in [0.2, 0.25) is 15.9 Å². The molecule has 0 bridgehead atoms. The lowest BCUT2D eigenvalue weighted by Crippen LogP contribution is -2.43. The summed E-state index contributed by atoms with van der Waals surface area (Å²) in [4.78, 5) is 11.7. The van der Waals surface area contributed by atoms with Gasteiger partial charge in [0, 0.05) is 6.54 Å². The third-order valence-corrected chi connectivity index (χ3v) is 6.36. The maximum Gasteiger partial charge on any atom is 0.243 e. The zero-order chi connectivity index (χ0) is 15.0. The van der Waals surface area contributed by atoms with Crippen molar-refractivity contribution in [2.24, 2.45) is 5.73 Å². The summed E-state index contributed by atoms with van der Waals surface area (Å²) in [6.45, 7) is 0.368. The van der Waals surface area contributed by atoms with E-state index in [2.05, 4.69) is 0 Å². The molecular weight excluding hydrogens is 288 g/mol. The van der Waals surface area contributed by atoms with Crippen molar-refractivity contribution in [2.75, 3.05) is 6.54 Å². The minimum absolute atomic E-state index is 0.288. The highest BCUT2D eigenvalue weighted by molar-refractivity contribution is 7.89. The molecule has 0 unspecified atom stereocenters. The van der Waals surface area contributed by atoms with Gasteiger partial charge in [-0.2, -0.15) is 4.31 Å². The fraction of sp³-hybridized carbons (Fsp3) is 0.533. The summed E-state index contributed by atoms with van der Waals surface area (Å²) in [5.41, 5.74) is 7.69. The molecule has 0 radical (unpaired) electrons. The molecule has 1 aliphatic carbocycles. The molecule has 1 amide bonds. The number of sulfonamides is 1. The molecule has 1 atom stereocenters. The number of nitrogens with two attached hydrogens (primary N) is 1. The summed E-state index contributed by atoms with van der Waals surface area (Å²) >= 11 is 0. The van der Waals surface area contributed by atoms with Crippen LogP contribution in [0, 0.1) is 0 Å². The van der Waals surface area contributed by atoms with Gasteiger partial charge < -0.3 is 5.73 Å². The highest BCUT2D eigenvalue weighted by atomic mass is 32.2. The van der Waals surface area contributed by atoms with E-state index in [1.807, 2.05) is 6.07 Å². The first-order chi connectivity index (χ1) is 10.00. The second-order valence-corrected chi connectivity index (χ2v) is 7.70. The van der Waals surface area contributed by atoms with Crippen molar-refractivity contribution in [2.45, 2.75) is 49.5 Å². The molecule has 2 aliphatic rings. The molecule has 3 rings (SSSR count). The van der Waals surface area contributed by atoms with Crippen molar-refractivity contribution < 1.29 is 13.2 Å². The number of hydrogen-bond acceptors (Lipinski definition) is 3. The standard InChI is InChI=1S/C15H20N2O3S/c16-15(18)14-6-3-9-17(14)21(19,20)13-8-7-11-4-1-2-5-12(11)10-13/h7-8,10,14H,1-6,9H2,(H2,16,18)/t14-/m1/s1. The van der Waals surface area contributed by atoms with Gasteiger partial charge >= 0.3 is 0 Å². The molecule has 1 aromatic rings. The second-order valence-electron chi connectivity index (χ2n) is 5.81. The maximum atomic E-state index is 12.8. The predicted molar refractivity (Wildman–Crippen MR) is 79.2 cm³/mol. The van der Waals surface area contributed by atoms with Crippen molar-refractivity contribution in [3.8, 4) is 0 Å². The third-order valence-electron chi connectivity index (χ3n) is 4.46. The average molecular weight is 308 g/mol. The van der Waals surface area contributed by atoms with Gasteiger partial charge in [0.15, 0.2) is 0 Å². The largest absolute Gasteiger partial charge is 0.368 e. The summed E-state index contributed by atoms with van der Waals surface area (Å²) in [6.07, 6.45) is 5.40. The lowest BCUT2D eigenvalue weighted by molar-refractivity contribution is -0.121. The highest BCUT2D eigenvalue weighted by Crippen LogP contribution is 2.29. The van der Waals surface area contributed by atoms with Crippen LogP contribution in [0.4, 0.5) is 0 Å². The molecule has 2 N–H and O–H groups in total. The summed E-state index contributed by atoms with van der Waals surface area (Å²) in [5, 5.41) is 0. The number of fused-ring (bicyclic) bond motifs is 1. The van der Waals surface area contributed by atoms with Crippen LogP contribution < -0.4 is 5.73 Å². The van der Waals surface area contributed by atoms with E-state index in [0.717, 1.165) is 31.2 Å². The van der Waals surface area contributed by atoms with E-state index >= 15 is 0 Å². The van der Waals surface area contributed by atoms with E-state index in [9.17, 15) is 13.2 Å². The normalized spacial score (nSPS) is 23.0. The predicted octanol–water partition coefficient (Wildman–Crippen LogP) is 1.20. The molecule has 1 aromatic carbocycles. The fourth-order valence-corrected chi connectivity index (χ4v) is 5.03. The minimum atomic E-state index is -3.63. The molecule has 114 valence electrons. The number of primary amides is 1. The molecule has 5 nitrogen and oxygen atoms in total. The number of amides is 1. The summed E-state index contributed by atoms with van der Waals surface area (Å²) in [6, 6.07) is 4.65. The van der Waals surface area contributed by atoms with E-state index in [4.69, 9.17) is 5.73 Å². The lowest BCUT2D eigenvalue weighted by atomic mass is 9.92. The quantitative estimate of drug-likeness (QED) is 0.911. The Kier molecular flexibility index (Phi) is 3.75. The summed E-state index contributed by atoms with van der Waals surface area (Å²) in [5.74, 6) is -0.561. The number of benzene rings is 1. The molecule has 6 heteroatoms. The number of rotatable bonds is 3. The number of hydrogen-bond donors (Lipinski definition) is 1. The van der Waals surface area contributed by atoms with Crippen molar-refractivity contribution in [3.63, 3.8) is 0 Å². The van der Waals surface area contributed by atoms with Crippen molar-refractivity contribution in [1.29, 1.82) is 0 Å². The molecule has 1 heterocycles. The zero-order valence-corrected chi connectivity index (χ0v) is 12.7. The van der Waals surface area contributed by atoms with E-state index in [1.54, 1.807) is 12.1 Å². The number of carbonyl (C=O) groups is 1. The SMILES string of the molecule is NC(=O)[C@H]1CCCN1S(=O)(=O)c1ccc2c(c1)CCCC2. The minimum Gasteiger partial charge on any atom is -0.368 e. The molecule has 1 aliphatic heterocycles. The van der Waals surface area contributed by atoms with Gasteiger partial charge in [-0.15, -0.1) is 0 Å². The van der Waals surface area contributed by atoms with Crippen LogP contribution in [0.3, 0.4) is 0 Å². The smallest absolute Gasteiger partial charge is 0.243 e. The first-order valence-electron chi connectivity index (χ1n) is 7.43. The van der Waals surface area contributed by atoms with Gasteiger partial charge in [0.1, 0.15) is 6.04 Å². The Bertz CT molecular complexity index is 669. The number of nitrogens with zero attached hydrogens (tertiary/aromatic N) is 1. The number of carbonyl (C=O) groups excluding carboxylic acids is 1. The van der Waals surface area contributed by atoms with Gasteiger partial charge in [-0.3, -0.25) is 4.79 Å². The number of aryl methyl sites for hydroxylation is 2. The molecule has 21 heavy (non-hydrogen) atoms. The van der Waals surface area contributed by atoms with Crippen molar-refractivity contribution >= 4 is 15.9 Å². The lowest BCUT2D eigenvalue weighted by Gasteiger charge is -2.23. The summed E-state index contributed by atoms with van der Waals surface area (Å²) < 4.78 is 26.8. The Labute approximate surface area is 125 Å². The van der Waals surface area contributed by atoms with E-state index in [0.29, 0.717) is 19.4 Å². The van der Waals surface area contributed by atoms with E-state index in [-0.39, 0.29) is 4.90 Å². The van der Waals surface area contributed by atoms with Crippen molar-refractivity contribution in [3.05, 3.63) is 29.3 Å². The van der Waals surface area contributed by atoms with Crippen LogP contribution in [0.25, 0.3) is 0 Å². The van der Waals surface area contributed by atoms with Crippen LogP contribution in [-0.4, -0.2) is 31.2 Å². The Balaban J connectivity index is 1.96. The molecule has 0 spiro atoms. The van der Waals surface area contributed by atoms with E-state index < -0.39 is 22.0 Å². The van der Waals surface area contributed by atoms with Crippen LogP contribution >= 0.6 is 0 Å². The van der Waals surface area contributed by atoms with Crippen LogP contribution in [0.5, 0.6) is 0 Å². The first-order valence-corrected chi connectivity index (χ1v) is 8.87. The molecular formula is C15H20N2O3S. The van der Waals surface area contributed by atoms with Crippen LogP contribution in [0.2, 0.25) is 0 Å². The topological polar surface area (TPSA) is 80.5 Å². The van der Waals surface area contributed by atoms with Gasteiger partial charge in [0.05, 0.1) is 4.90 Å². The first kappa shape index (κ1) is 14.5. The molecule has 0 aromatic heterocycles. The van der Waals surface area contributed by atoms with Crippen LogP contribution in [0.15, 0.2) is 23.1 Å². The summed E-state index contributed by atoms with van der Waals surface area (Å²) in [7, 11) is -3.63. The second kappa shape index (κ2) is 5.42. The van der Waals surface area contributed by atoms with Gasteiger partial charge in [0.25, 0.3) is 0 Å². The van der Waals surface area contributed by atoms with Crippen molar-refractivity contribution in [1.82, 2.24) is 4.31 Å². The van der Waals surface area contributed by atoms with Gasteiger partial charge in [-0.05, 0) is 61.8 Å². The van der Waals surface area contributed by atoms with Crippen LogP contribution in [0.1, 0.15) is 36.8 Å². The molecule has 1 saturated heterocycles. The Morgan fingerprint density at radius 2 is 1.86 bits per heavy atom. The Morgan fingerprint density at radius 3 is 2.57 bits per heavy atom. The molecule has 1 fully saturated rings. The van der Waals surface area contributed by atoms with E-state index in [1.165, 1.54) is 9.87 Å². The Morgan fingerprint density at radius 1 is 1.14 bits per heavy atom. The zero-order valence-electron chi connectivity index (χ0n) is 11.9. The maximum absolute atomic E-state index is 12.8. The average Bonchev–Trinajstić information content (AvgIpc) is 2.97. The van der Waals surface area contributed by atoms with Gasteiger partial charge in [-0.1, -0.05) is 6.07 Å². The Hall–Kier alpha value is -1.40. The third kappa shape index (κ3) is 2.58.